The number of thioether (sulfide) groups is 1. The van der Waals surface area contributed by atoms with Gasteiger partial charge in [-0.3, -0.25) is 14.2 Å². The van der Waals surface area contributed by atoms with E-state index in [-0.39, 0.29) is 29.1 Å². The van der Waals surface area contributed by atoms with Gasteiger partial charge in [-0.25, -0.2) is 13.8 Å². The second-order valence-corrected chi connectivity index (χ2v) is 11.5. The van der Waals surface area contributed by atoms with E-state index in [9.17, 15) is 18.4 Å². The van der Waals surface area contributed by atoms with Gasteiger partial charge in [0.25, 0.3) is 5.56 Å². The number of rotatable bonds is 9. The maximum absolute atomic E-state index is 14.2. The highest BCUT2D eigenvalue weighted by Crippen LogP contribution is 2.24. The van der Waals surface area contributed by atoms with E-state index in [1.807, 2.05) is 35.4 Å². The lowest BCUT2D eigenvalue weighted by atomic mass is 10.1. The third-order valence-electron chi connectivity index (χ3n) is 7.76. The van der Waals surface area contributed by atoms with Crippen molar-refractivity contribution >= 4 is 45.2 Å². The predicted octanol–water partition coefficient (Wildman–Crippen LogP) is 5.62. The zero-order valence-electron chi connectivity index (χ0n) is 23.1. The molecule has 0 radical (unpaired) electrons. The van der Waals surface area contributed by atoms with Gasteiger partial charge in [-0.15, -0.1) is 0 Å². The van der Waals surface area contributed by atoms with Crippen LogP contribution in [0.2, 0.25) is 0 Å². The number of H-pyrrole nitrogens is 1. The predicted molar refractivity (Wildman–Crippen MR) is 163 cm³/mol. The third-order valence-corrected chi connectivity index (χ3v) is 8.73. The number of hydrogen-bond donors (Lipinski definition) is 1. The second kappa shape index (κ2) is 12.4. The standard InChI is InChI=1S/C32H31F2N5O2S/c33-23-11-12-28-25(20-23)31(41)39(32(36-28)42-19-13-22-21-35-27-8-3-1-6-24(22)27)14-5-10-30(40)38-17-15-37(16-18-38)29-9-4-2-7-26(29)34/h1-4,6-9,11-12,20-21,35H,5,10,13-19H2. The van der Waals surface area contributed by atoms with Crippen molar-refractivity contribution < 1.29 is 13.6 Å². The van der Waals surface area contributed by atoms with Gasteiger partial charge in [-0.05, 0) is 54.8 Å². The van der Waals surface area contributed by atoms with Gasteiger partial charge >= 0.3 is 0 Å². The third kappa shape index (κ3) is 5.90. The van der Waals surface area contributed by atoms with E-state index in [1.165, 1.54) is 47.0 Å². The average molecular weight is 588 g/mol. The molecule has 0 bridgehead atoms. The van der Waals surface area contributed by atoms with Gasteiger partial charge in [0.1, 0.15) is 11.6 Å². The molecular formula is C32H31F2N5O2S. The Morgan fingerprint density at radius 1 is 0.952 bits per heavy atom. The average Bonchev–Trinajstić information content (AvgIpc) is 3.42. The van der Waals surface area contributed by atoms with Crippen molar-refractivity contribution in [2.45, 2.75) is 31.0 Å². The number of halogens is 2. The highest BCUT2D eigenvalue weighted by atomic mass is 32.2. The number of nitrogens with zero attached hydrogens (tertiary/aromatic N) is 4. The monoisotopic (exact) mass is 587 g/mol. The van der Waals surface area contributed by atoms with Gasteiger partial charge in [-0.1, -0.05) is 42.1 Å². The number of anilines is 1. The number of amides is 1. The van der Waals surface area contributed by atoms with Crippen molar-refractivity contribution in [1.82, 2.24) is 19.4 Å². The largest absolute Gasteiger partial charge is 0.366 e. The molecule has 7 nitrogen and oxygen atoms in total. The molecule has 0 atom stereocenters. The summed E-state index contributed by atoms with van der Waals surface area (Å²) >= 11 is 1.49. The summed E-state index contributed by atoms with van der Waals surface area (Å²) in [5.41, 5.74) is 2.98. The van der Waals surface area contributed by atoms with Crippen molar-refractivity contribution in [3.8, 4) is 0 Å². The molecule has 1 N–H and O–H groups in total. The lowest BCUT2D eigenvalue weighted by Gasteiger charge is -2.36. The first kappa shape index (κ1) is 28.0. The second-order valence-electron chi connectivity index (χ2n) is 10.4. The highest BCUT2D eigenvalue weighted by Gasteiger charge is 2.23. The lowest BCUT2D eigenvalue weighted by molar-refractivity contribution is -0.131. The Balaban J connectivity index is 1.11. The Morgan fingerprint density at radius 2 is 1.74 bits per heavy atom. The molecule has 1 aliphatic heterocycles. The van der Waals surface area contributed by atoms with Crippen molar-refractivity contribution in [1.29, 1.82) is 0 Å². The summed E-state index contributed by atoms with van der Waals surface area (Å²) in [4.78, 5) is 38.2. The number of piperazine rings is 1. The number of carbonyl (C=O) groups excluding carboxylic acids is 1. The molecule has 0 aliphatic carbocycles. The first-order valence-corrected chi connectivity index (χ1v) is 15.1. The van der Waals surface area contributed by atoms with Crippen LogP contribution in [0.15, 0.2) is 82.9 Å². The van der Waals surface area contributed by atoms with Crippen LogP contribution in [-0.2, 0) is 17.8 Å². The van der Waals surface area contributed by atoms with Crippen molar-refractivity contribution in [3.05, 3.63) is 100 Å². The van der Waals surface area contributed by atoms with Crippen molar-refractivity contribution in [2.24, 2.45) is 0 Å². The molecule has 0 spiro atoms. The van der Waals surface area contributed by atoms with Gasteiger partial charge in [-0.2, -0.15) is 0 Å². The number of para-hydroxylation sites is 2. The maximum Gasteiger partial charge on any atom is 0.262 e. The van der Waals surface area contributed by atoms with Crippen LogP contribution in [0.1, 0.15) is 18.4 Å². The minimum absolute atomic E-state index is 0.00423. The number of aromatic nitrogens is 3. The summed E-state index contributed by atoms with van der Waals surface area (Å²) in [7, 11) is 0. The molecule has 0 saturated carbocycles. The zero-order valence-corrected chi connectivity index (χ0v) is 23.9. The minimum atomic E-state index is -0.489. The molecule has 0 unspecified atom stereocenters. The number of aromatic amines is 1. The molecule has 2 aromatic heterocycles. The fraction of sp³-hybridized carbons (Fsp3) is 0.281. The number of fused-ring (bicyclic) bond motifs is 2. The van der Waals surface area contributed by atoms with E-state index in [2.05, 4.69) is 11.1 Å². The number of carbonyl (C=O) groups is 1. The fourth-order valence-electron chi connectivity index (χ4n) is 5.52. The van der Waals surface area contributed by atoms with Crippen LogP contribution < -0.4 is 10.5 Å². The van der Waals surface area contributed by atoms with E-state index in [1.54, 1.807) is 21.6 Å². The molecule has 3 aromatic carbocycles. The molecule has 42 heavy (non-hydrogen) atoms. The molecule has 10 heteroatoms. The van der Waals surface area contributed by atoms with Gasteiger partial charge in [0.15, 0.2) is 5.16 Å². The van der Waals surface area contributed by atoms with E-state index in [0.717, 1.165) is 11.9 Å². The van der Waals surface area contributed by atoms with Gasteiger partial charge in [0.2, 0.25) is 5.91 Å². The molecule has 1 amide bonds. The molecule has 1 aliphatic rings. The van der Waals surface area contributed by atoms with Gasteiger partial charge < -0.3 is 14.8 Å². The number of nitrogens with one attached hydrogen (secondary N) is 1. The Kier molecular flexibility index (Phi) is 8.23. The van der Waals surface area contributed by atoms with Crippen LogP contribution >= 0.6 is 11.8 Å². The Labute approximate surface area is 246 Å². The maximum atomic E-state index is 14.2. The summed E-state index contributed by atoms with van der Waals surface area (Å²) in [6, 6.07) is 18.9. The quantitative estimate of drug-likeness (QED) is 0.179. The van der Waals surface area contributed by atoms with Crippen LogP contribution in [0.3, 0.4) is 0 Å². The SMILES string of the molecule is O=C(CCCn1c(SCCc2c[nH]c3ccccc23)nc2ccc(F)cc2c1=O)N1CCN(c2ccccc2F)CC1. The van der Waals surface area contributed by atoms with E-state index < -0.39 is 5.82 Å². The van der Waals surface area contributed by atoms with Gasteiger partial charge in [0, 0.05) is 62.0 Å². The molecule has 216 valence electrons. The highest BCUT2D eigenvalue weighted by molar-refractivity contribution is 7.99. The normalized spacial score (nSPS) is 13.8. The number of aryl methyl sites for hydroxylation is 1. The summed E-state index contributed by atoms with van der Waals surface area (Å²) < 4.78 is 29.7. The first-order valence-electron chi connectivity index (χ1n) is 14.1. The Hall–Kier alpha value is -4.18. The smallest absolute Gasteiger partial charge is 0.262 e. The Morgan fingerprint density at radius 3 is 2.57 bits per heavy atom. The molecule has 5 aromatic rings. The minimum Gasteiger partial charge on any atom is -0.366 e. The van der Waals surface area contributed by atoms with Gasteiger partial charge in [0.05, 0.1) is 16.6 Å². The summed E-state index contributed by atoms with van der Waals surface area (Å²) in [5.74, 6) is -0.0460. The van der Waals surface area contributed by atoms with E-state index >= 15 is 0 Å². The summed E-state index contributed by atoms with van der Waals surface area (Å²) in [6.07, 6.45) is 3.51. The van der Waals surface area contributed by atoms with E-state index in [4.69, 9.17) is 4.98 Å². The lowest BCUT2D eigenvalue weighted by Crippen LogP contribution is -2.49. The number of hydrogen-bond acceptors (Lipinski definition) is 5. The van der Waals surface area contributed by atoms with Crippen LogP contribution in [0.25, 0.3) is 21.8 Å². The van der Waals surface area contributed by atoms with Crippen LogP contribution in [0.5, 0.6) is 0 Å². The summed E-state index contributed by atoms with van der Waals surface area (Å²) in [6.45, 7) is 2.44. The zero-order chi connectivity index (χ0) is 29.1. The molecular weight excluding hydrogens is 556 g/mol. The van der Waals surface area contributed by atoms with Crippen molar-refractivity contribution in [2.75, 3.05) is 36.8 Å². The molecule has 1 fully saturated rings. The van der Waals surface area contributed by atoms with E-state index in [0.29, 0.717) is 61.3 Å². The first-order chi connectivity index (χ1) is 20.5. The molecule has 3 heterocycles. The topological polar surface area (TPSA) is 74.2 Å². The van der Waals surface area contributed by atoms with Crippen LogP contribution in [0.4, 0.5) is 14.5 Å². The Bertz CT molecular complexity index is 1800. The summed E-state index contributed by atoms with van der Waals surface area (Å²) in [5, 5.41) is 1.96. The van der Waals surface area contributed by atoms with Crippen molar-refractivity contribution in [3.63, 3.8) is 0 Å². The molecule has 1 saturated heterocycles. The van der Waals surface area contributed by atoms with Crippen LogP contribution in [0, 0.1) is 11.6 Å². The fourth-order valence-corrected chi connectivity index (χ4v) is 6.52. The number of benzene rings is 3. The van der Waals surface area contributed by atoms with Crippen LogP contribution in [-0.4, -0.2) is 57.3 Å². The molecule has 6 rings (SSSR count).